The van der Waals surface area contributed by atoms with Crippen LogP contribution in [-0.4, -0.2) is 23.7 Å². The molecule has 0 aliphatic rings. The summed E-state index contributed by atoms with van der Waals surface area (Å²) in [4.78, 5) is 17.5. The van der Waals surface area contributed by atoms with Gasteiger partial charge in [-0.05, 0) is 31.2 Å². The number of carbonyl (C=O) groups is 1. The van der Waals surface area contributed by atoms with Crippen LogP contribution in [0.3, 0.4) is 0 Å². The Balaban J connectivity index is 1.83. The van der Waals surface area contributed by atoms with Gasteiger partial charge in [0.1, 0.15) is 5.58 Å². The van der Waals surface area contributed by atoms with Gasteiger partial charge in [0.25, 0.3) is 0 Å². The van der Waals surface area contributed by atoms with Gasteiger partial charge in [-0.2, -0.15) is 4.99 Å². The van der Waals surface area contributed by atoms with Crippen LogP contribution in [0.2, 0.25) is 10.0 Å². The molecule has 0 saturated carbocycles. The van der Waals surface area contributed by atoms with Crippen LogP contribution < -0.4 is 4.80 Å². The van der Waals surface area contributed by atoms with Gasteiger partial charge in [0.05, 0.1) is 26.9 Å². The van der Waals surface area contributed by atoms with Crippen molar-refractivity contribution in [3.8, 4) is 0 Å². The fourth-order valence-corrected chi connectivity index (χ4v) is 4.60. The average molecular weight is 435 g/mol. The lowest BCUT2D eigenvalue weighted by Gasteiger charge is -2.06. The monoisotopic (exact) mass is 434 g/mol. The van der Waals surface area contributed by atoms with E-state index >= 15 is 0 Å². The van der Waals surface area contributed by atoms with E-state index in [0.717, 1.165) is 15.6 Å². The molecule has 0 fully saturated rings. The number of fused-ring (bicyclic) bond motifs is 2. The zero-order chi connectivity index (χ0) is 19.7. The third-order valence-electron chi connectivity index (χ3n) is 4.23. The van der Waals surface area contributed by atoms with E-state index < -0.39 is 5.91 Å². The standard InChI is InChI=1S/C20H16Cl2N2O3S/c1-2-26-10-9-24-17-13(21)7-8-14(22)18(17)28-20(24)23-19(25)16-11-12-5-3-4-6-15(12)27-16/h3-8,11H,2,9-10H2,1H3. The van der Waals surface area contributed by atoms with E-state index in [1.165, 1.54) is 11.3 Å². The molecular weight excluding hydrogens is 419 g/mol. The Kier molecular flexibility index (Phi) is 5.55. The Hall–Kier alpha value is -2.12. The van der Waals surface area contributed by atoms with Gasteiger partial charge in [0, 0.05) is 18.5 Å². The maximum atomic E-state index is 12.7. The molecule has 4 rings (SSSR count). The maximum absolute atomic E-state index is 12.7. The number of hydrogen-bond acceptors (Lipinski definition) is 4. The lowest BCUT2D eigenvalue weighted by atomic mass is 10.2. The summed E-state index contributed by atoms with van der Waals surface area (Å²) in [6, 6.07) is 12.6. The van der Waals surface area contributed by atoms with Gasteiger partial charge in [-0.25, -0.2) is 0 Å². The van der Waals surface area contributed by atoms with Crippen molar-refractivity contribution in [2.75, 3.05) is 13.2 Å². The second-order valence-electron chi connectivity index (χ2n) is 6.01. The van der Waals surface area contributed by atoms with Crippen molar-refractivity contribution in [2.45, 2.75) is 13.5 Å². The quantitative estimate of drug-likeness (QED) is 0.387. The van der Waals surface area contributed by atoms with Gasteiger partial charge >= 0.3 is 5.91 Å². The van der Waals surface area contributed by atoms with Crippen molar-refractivity contribution in [3.05, 3.63) is 63.1 Å². The van der Waals surface area contributed by atoms with E-state index in [4.69, 9.17) is 32.4 Å². The number of carbonyl (C=O) groups excluding carboxylic acids is 1. The molecule has 144 valence electrons. The predicted octanol–water partition coefficient (Wildman–Crippen LogP) is 5.53. The summed E-state index contributed by atoms with van der Waals surface area (Å²) in [5.74, 6) is -0.271. The van der Waals surface area contributed by atoms with Crippen molar-refractivity contribution in [1.29, 1.82) is 0 Å². The summed E-state index contributed by atoms with van der Waals surface area (Å²) in [5, 5.41) is 1.96. The molecule has 0 bridgehead atoms. The highest BCUT2D eigenvalue weighted by Gasteiger charge is 2.16. The molecule has 0 aliphatic heterocycles. The summed E-state index contributed by atoms with van der Waals surface area (Å²) in [6.07, 6.45) is 0. The molecular formula is C20H16Cl2N2O3S. The predicted molar refractivity (Wildman–Crippen MR) is 112 cm³/mol. The number of rotatable bonds is 5. The van der Waals surface area contributed by atoms with Crippen LogP contribution in [0.5, 0.6) is 0 Å². The molecule has 8 heteroatoms. The molecule has 0 unspecified atom stereocenters. The highest BCUT2D eigenvalue weighted by Crippen LogP contribution is 2.32. The fourth-order valence-electron chi connectivity index (χ4n) is 2.93. The average Bonchev–Trinajstić information content (AvgIpc) is 3.28. The van der Waals surface area contributed by atoms with Crippen LogP contribution in [0.1, 0.15) is 17.5 Å². The lowest BCUT2D eigenvalue weighted by molar-refractivity contribution is 0.0972. The van der Waals surface area contributed by atoms with Crippen molar-refractivity contribution >= 4 is 61.6 Å². The molecule has 0 saturated heterocycles. The van der Waals surface area contributed by atoms with Gasteiger partial charge < -0.3 is 13.7 Å². The first-order valence-electron chi connectivity index (χ1n) is 8.71. The summed E-state index contributed by atoms with van der Waals surface area (Å²) >= 11 is 14.1. The van der Waals surface area contributed by atoms with E-state index in [2.05, 4.69) is 4.99 Å². The first-order valence-corrected chi connectivity index (χ1v) is 10.3. The molecule has 0 aliphatic carbocycles. The molecule has 0 N–H and O–H groups in total. The highest BCUT2D eigenvalue weighted by atomic mass is 35.5. The largest absolute Gasteiger partial charge is 0.451 e. The van der Waals surface area contributed by atoms with Crippen LogP contribution in [0, 0.1) is 0 Å². The summed E-state index contributed by atoms with van der Waals surface area (Å²) in [7, 11) is 0. The fraction of sp³-hybridized carbons (Fsp3) is 0.200. The third-order valence-corrected chi connectivity index (χ3v) is 6.07. The summed E-state index contributed by atoms with van der Waals surface area (Å²) < 4.78 is 13.8. The molecule has 1 amide bonds. The smallest absolute Gasteiger partial charge is 0.315 e. The molecule has 2 heterocycles. The number of halogens is 2. The van der Waals surface area contributed by atoms with Crippen molar-refractivity contribution in [1.82, 2.24) is 4.57 Å². The van der Waals surface area contributed by atoms with Gasteiger partial charge in [0.2, 0.25) is 0 Å². The molecule has 4 aromatic rings. The van der Waals surface area contributed by atoms with Crippen LogP contribution >= 0.6 is 34.5 Å². The van der Waals surface area contributed by atoms with Crippen LogP contribution in [0.4, 0.5) is 0 Å². The van der Waals surface area contributed by atoms with Crippen molar-refractivity contribution in [3.63, 3.8) is 0 Å². The molecule has 0 radical (unpaired) electrons. The van der Waals surface area contributed by atoms with E-state index in [1.54, 1.807) is 18.2 Å². The third kappa shape index (κ3) is 3.61. The number of nitrogens with zero attached hydrogens (tertiary/aromatic N) is 2. The topological polar surface area (TPSA) is 56.7 Å². The molecule has 2 aromatic carbocycles. The van der Waals surface area contributed by atoms with Gasteiger partial charge in [-0.15, -0.1) is 0 Å². The Morgan fingerprint density at radius 2 is 2.00 bits per heavy atom. The second kappa shape index (κ2) is 8.09. The Morgan fingerprint density at radius 3 is 2.79 bits per heavy atom. The van der Waals surface area contributed by atoms with E-state index in [9.17, 15) is 4.79 Å². The molecule has 2 aromatic heterocycles. The number of benzene rings is 2. The number of hydrogen-bond donors (Lipinski definition) is 0. The van der Waals surface area contributed by atoms with E-state index in [0.29, 0.717) is 40.2 Å². The van der Waals surface area contributed by atoms with E-state index in [-0.39, 0.29) is 5.76 Å². The normalized spacial score (nSPS) is 12.3. The first-order chi connectivity index (χ1) is 13.6. The van der Waals surface area contributed by atoms with Crippen LogP contribution in [0.15, 0.2) is 51.9 Å². The number of thiazole rings is 1. The summed E-state index contributed by atoms with van der Waals surface area (Å²) in [6.45, 7) is 3.50. The highest BCUT2D eigenvalue weighted by molar-refractivity contribution is 7.17. The second-order valence-corrected chi connectivity index (χ2v) is 7.80. The minimum atomic E-state index is -0.458. The van der Waals surface area contributed by atoms with Gasteiger partial charge in [-0.1, -0.05) is 52.7 Å². The molecule has 5 nitrogen and oxygen atoms in total. The van der Waals surface area contributed by atoms with Crippen LogP contribution in [-0.2, 0) is 11.3 Å². The Bertz CT molecular complexity index is 1210. The van der Waals surface area contributed by atoms with Crippen LogP contribution in [0.25, 0.3) is 21.2 Å². The molecule has 0 spiro atoms. The first kappa shape index (κ1) is 19.2. The number of furan rings is 1. The van der Waals surface area contributed by atoms with Crippen molar-refractivity contribution < 1.29 is 13.9 Å². The minimum absolute atomic E-state index is 0.187. The summed E-state index contributed by atoms with van der Waals surface area (Å²) in [5.41, 5.74) is 1.39. The lowest BCUT2D eigenvalue weighted by Crippen LogP contribution is -2.19. The zero-order valence-electron chi connectivity index (χ0n) is 14.9. The van der Waals surface area contributed by atoms with Gasteiger partial charge in [-0.3, -0.25) is 4.79 Å². The zero-order valence-corrected chi connectivity index (χ0v) is 17.3. The number of amides is 1. The molecule has 28 heavy (non-hydrogen) atoms. The van der Waals surface area contributed by atoms with Crippen molar-refractivity contribution in [2.24, 2.45) is 4.99 Å². The van der Waals surface area contributed by atoms with E-state index in [1.807, 2.05) is 35.8 Å². The minimum Gasteiger partial charge on any atom is -0.451 e. The Labute approximate surface area is 174 Å². The number of aromatic nitrogens is 1. The number of ether oxygens (including phenoxy) is 1. The maximum Gasteiger partial charge on any atom is 0.315 e. The van der Waals surface area contributed by atoms with Gasteiger partial charge in [0.15, 0.2) is 10.6 Å². The SMILES string of the molecule is CCOCCn1c(=NC(=O)c2cc3ccccc3o2)sc2c(Cl)ccc(Cl)c21. The molecule has 0 atom stereocenters. The number of para-hydroxylation sites is 1. The Morgan fingerprint density at radius 1 is 1.21 bits per heavy atom.